The summed E-state index contributed by atoms with van der Waals surface area (Å²) in [6.45, 7) is 1.91. The van der Waals surface area contributed by atoms with Crippen LogP contribution in [0.15, 0.2) is 35.1 Å². The standard InChI is InChI=1S/C11H11BrN4/c1-7-15-4-5-16(7)10-3-2-8(12)6-9(10)11(13)14/h2-6H,1H3,(H3,13,14). The molecule has 0 fully saturated rings. The van der Waals surface area contributed by atoms with Gasteiger partial charge < -0.3 is 10.3 Å². The number of nitrogens with zero attached hydrogens (tertiary/aromatic N) is 2. The molecule has 1 aromatic heterocycles. The van der Waals surface area contributed by atoms with Gasteiger partial charge in [0, 0.05) is 22.4 Å². The molecule has 0 unspecified atom stereocenters. The number of nitrogen functional groups attached to an aromatic ring is 1. The van der Waals surface area contributed by atoms with Gasteiger partial charge in [-0.2, -0.15) is 0 Å². The maximum Gasteiger partial charge on any atom is 0.124 e. The number of hydrogen-bond donors (Lipinski definition) is 2. The minimum atomic E-state index is 0.0457. The molecule has 3 N–H and O–H groups in total. The Morgan fingerprint density at radius 3 is 2.81 bits per heavy atom. The lowest BCUT2D eigenvalue weighted by Crippen LogP contribution is -2.15. The molecule has 0 saturated carbocycles. The van der Waals surface area contributed by atoms with E-state index in [4.69, 9.17) is 11.1 Å². The zero-order valence-corrected chi connectivity index (χ0v) is 10.3. The quantitative estimate of drug-likeness (QED) is 0.653. The second kappa shape index (κ2) is 4.09. The normalized spacial score (nSPS) is 10.4. The van der Waals surface area contributed by atoms with Crippen LogP contribution in [0, 0.1) is 12.3 Å². The molecule has 0 saturated heterocycles. The number of imidazole rings is 1. The summed E-state index contributed by atoms with van der Waals surface area (Å²) in [5.74, 6) is 0.911. The fourth-order valence-electron chi connectivity index (χ4n) is 1.57. The highest BCUT2D eigenvalue weighted by atomic mass is 79.9. The maximum absolute atomic E-state index is 7.57. The van der Waals surface area contributed by atoms with Gasteiger partial charge in [-0.3, -0.25) is 5.41 Å². The van der Waals surface area contributed by atoms with Crippen molar-refractivity contribution in [3.63, 3.8) is 0 Å². The third-order valence-corrected chi connectivity index (χ3v) is 2.83. The van der Waals surface area contributed by atoms with Crippen molar-refractivity contribution in [2.45, 2.75) is 6.92 Å². The number of rotatable bonds is 2. The molecule has 2 rings (SSSR count). The van der Waals surface area contributed by atoms with E-state index in [9.17, 15) is 0 Å². The summed E-state index contributed by atoms with van der Waals surface area (Å²) in [7, 11) is 0. The lowest BCUT2D eigenvalue weighted by atomic mass is 10.1. The molecule has 0 spiro atoms. The smallest absolute Gasteiger partial charge is 0.124 e. The summed E-state index contributed by atoms with van der Waals surface area (Å²) in [6.07, 6.45) is 3.58. The highest BCUT2D eigenvalue weighted by Gasteiger charge is 2.09. The van der Waals surface area contributed by atoms with Crippen LogP contribution in [0.4, 0.5) is 0 Å². The molecule has 2 aromatic rings. The van der Waals surface area contributed by atoms with E-state index in [-0.39, 0.29) is 5.84 Å². The van der Waals surface area contributed by atoms with E-state index in [1.807, 2.05) is 35.9 Å². The summed E-state index contributed by atoms with van der Waals surface area (Å²) in [6, 6.07) is 5.66. The van der Waals surface area contributed by atoms with E-state index in [1.165, 1.54) is 0 Å². The maximum atomic E-state index is 7.57. The second-order valence-electron chi connectivity index (χ2n) is 3.42. The zero-order chi connectivity index (χ0) is 11.7. The summed E-state index contributed by atoms with van der Waals surface area (Å²) in [5.41, 5.74) is 7.12. The van der Waals surface area contributed by atoms with Gasteiger partial charge in [0.2, 0.25) is 0 Å². The Hall–Kier alpha value is -1.62. The molecule has 0 aliphatic rings. The van der Waals surface area contributed by atoms with E-state index < -0.39 is 0 Å². The SMILES string of the molecule is Cc1nccn1-c1ccc(Br)cc1C(=N)N. The van der Waals surface area contributed by atoms with Crippen molar-refractivity contribution in [1.29, 1.82) is 5.41 Å². The van der Waals surface area contributed by atoms with E-state index in [0.717, 1.165) is 16.0 Å². The van der Waals surface area contributed by atoms with Crippen LogP contribution in [0.25, 0.3) is 5.69 Å². The molecule has 5 heteroatoms. The number of hydrogen-bond acceptors (Lipinski definition) is 2. The van der Waals surface area contributed by atoms with Crippen molar-refractivity contribution < 1.29 is 0 Å². The van der Waals surface area contributed by atoms with Gasteiger partial charge in [0.25, 0.3) is 0 Å². The largest absolute Gasteiger partial charge is 0.384 e. The second-order valence-corrected chi connectivity index (χ2v) is 4.34. The third-order valence-electron chi connectivity index (χ3n) is 2.33. The molecule has 0 bridgehead atoms. The van der Waals surface area contributed by atoms with Crippen LogP contribution in [0.5, 0.6) is 0 Å². The molecule has 0 amide bonds. The molecule has 4 nitrogen and oxygen atoms in total. The minimum Gasteiger partial charge on any atom is -0.384 e. The van der Waals surface area contributed by atoms with Gasteiger partial charge in [-0.15, -0.1) is 0 Å². The number of halogens is 1. The van der Waals surface area contributed by atoms with Crippen LogP contribution in [0.3, 0.4) is 0 Å². The molecular weight excluding hydrogens is 268 g/mol. The molecule has 0 aliphatic heterocycles. The number of nitrogens with one attached hydrogen (secondary N) is 1. The van der Waals surface area contributed by atoms with Crippen LogP contribution in [0.1, 0.15) is 11.4 Å². The van der Waals surface area contributed by atoms with Crippen molar-refractivity contribution >= 4 is 21.8 Å². The first-order valence-electron chi connectivity index (χ1n) is 4.74. The van der Waals surface area contributed by atoms with Gasteiger partial charge in [0.1, 0.15) is 11.7 Å². The molecule has 0 aliphatic carbocycles. The molecular formula is C11H11BrN4. The first kappa shape index (κ1) is 10.9. The Kier molecular flexibility index (Phi) is 2.78. The Bertz CT molecular complexity index is 545. The first-order chi connectivity index (χ1) is 7.59. The highest BCUT2D eigenvalue weighted by Crippen LogP contribution is 2.20. The fraction of sp³-hybridized carbons (Fsp3) is 0.0909. The van der Waals surface area contributed by atoms with Gasteiger partial charge in [-0.25, -0.2) is 4.98 Å². The number of nitrogens with two attached hydrogens (primary N) is 1. The number of amidine groups is 1. The molecule has 0 atom stereocenters. The summed E-state index contributed by atoms with van der Waals surface area (Å²) < 4.78 is 2.81. The molecule has 82 valence electrons. The predicted molar refractivity (Wildman–Crippen MR) is 67.0 cm³/mol. The van der Waals surface area contributed by atoms with Crippen LogP contribution >= 0.6 is 15.9 Å². The van der Waals surface area contributed by atoms with Gasteiger partial charge >= 0.3 is 0 Å². The minimum absolute atomic E-state index is 0.0457. The van der Waals surface area contributed by atoms with Crippen LogP contribution in [0.2, 0.25) is 0 Å². The van der Waals surface area contributed by atoms with Gasteiger partial charge in [-0.1, -0.05) is 15.9 Å². The summed E-state index contributed by atoms with van der Waals surface area (Å²) >= 11 is 3.37. The van der Waals surface area contributed by atoms with Crippen molar-refractivity contribution in [2.24, 2.45) is 5.73 Å². The molecule has 0 radical (unpaired) electrons. The Morgan fingerprint density at radius 2 is 2.25 bits per heavy atom. The predicted octanol–water partition coefficient (Wildman–Crippen LogP) is 2.23. The Balaban J connectivity index is 2.65. The molecule has 1 aromatic carbocycles. The van der Waals surface area contributed by atoms with E-state index in [2.05, 4.69) is 20.9 Å². The molecule has 16 heavy (non-hydrogen) atoms. The van der Waals surface area contributed by atoms with E-state index in [1.54, 1.807) is 6.20 Å². The number of aryl methyl sites for hydroxylation is 1. The molecule has 1 heterocycles. The van der Waals surface area contributed by atoms with Crippen molar-refractivity contribution in [1.82, 2.24) is 9.55 Å². The number of benzene rings is 1. The first-order valence-corrected chi connectivity index (χ1v) is 5.53. The average Bonchev–Trinajstić information content (AvgIpc) is 2.64. The third kappa shape index (κ3) is 1.86. The van der Waals surface area contributed by atoms with Crippen molar-refractivity contribution in [2.75, 3.05) is 0 Å². The van der Waals surface area contributed by atoms with Gasteiger partial charge in [0.15, 0.2) is 0 Å². The monoisotopic (exact) mass is 278 g/mol. The van der Waals surface area contributed by atoms with Crippen LogP contribution in [-0.4, -0.2) is 15.4 Å². The summed E-state index contributed by atoms with van der Waals surface area (Å²) in [5, 5.41) is 7.57. The van der Waals surface area contributed by atoms with Gasteiger partial charge in [-0.05, 0) is 25.1 Å². The Morgan fingerprint density at radius 1 is 1.50 bits per heavy atom. The highest BCUT2D eigenvalue weighted by molar-refractivity contribution is 9.10. The summed E-state index contributed by atoms with van der Waals surface area (Å²) in [4.78, 5) is 4.16. The number of aromatic nitrogens is 2. The lowest BCUT2D eigenvalue weighted by Gasteiger charge is -2.11. The topological polar surface area (TPSA) is 67.7 Å². The van der Waals surface area contributed by atoms with Crippen LogP contribution in [-0.2, 0) is 0 Å². The van der Waals surface area contributed by atoms with Crippen molar-refractivity contribution in [3.05, 3.63) is 46.5 Å². The van der Waals surface area contributed by atoms with Crippen LogP contribution < -0.4 is 5.73 Å². The average molecular weight is 279 g/mol. The van der Waals surface area contributed by atoms with Crippen molar-refractivity contribution in [3.8, 4) is 5.69 Å². The van der Waals surface area contributed by atoms with Gasteiger partial charge in [0.05, 0.1) is 5.69 Å². The Labute approximate surface area is 102 Å². The van der Waals surface area contributed by atoms with E-state index in [0.29, 0.717) is 5.56 Å². The zero-order valence-electron chi connectivity index (χ0n) is 8.74. The van der Waals surface area contributed by atoms with E-state index >= 15 is 0 Å². The fourth-order valence-corrected chi connectivity index (χ4v) is 1.93. The lowest BCUT2D eigenvalue weighted by molar-refractivity contribution is 0.971.